The SMILES string of the molecule is CCCCCS(=O)(=O)c1cc(C)c(C(=O)N=C(N)N)cc1S(C)(=O)=O. The van der Waals surface area contributed by atoms with E-state index in [9.17, 15) is 21.6 Å². The lowest BCUT2D eigenvalue weighted by Gasteiger charge is -2.13. The van der Waals surface area contributed by atoms with E-state index in [4.69, 9.17) is 11.5 Å². The van der Waals surface area contributed by atoms with Crippen LogP contribution in [-0.2, 0) is 19.7 Å². The summed E-state index contributed by atoms with van der Waals surface area (Å²) >= 11 is 0. The van der Waals surface area contributed by atoms with Gasteiger partial charge in [0, 0.05) is 11.8 Å². The minimum atomic E-state index is -3.89. The monoisotopic (exact) mass is 389 g/mol. The minimum absolute atomic E-state index is 0.0682. The molecule has 25 heavy (non-hydrogen) atoms. The van der Waals surface area contributed by atoms with Crippen LogP contribution in [0.25, 0.3) is 0 Å². The number of amides is 1. The number of aliphatic imine (C=N–C) groups is 1. The third kappa shape index (κ3) is 5.53. The van der Waals surface area contributed by atoms with Crippen molar-refractivity contribution in [3.8, 4) is 0 Å². The van der Waals surface area contributed by atoms with Crippen LogP contribution < -0.4 is 11.5 Å². The highest BCUT2D eigenvalue weighted by Crippen LogP contribution is 2.27. The second-order valence-corrected chi connectivity index (χ2v) is 9.82. The first-order chi connectivity index (χ1) is 11.4. The maximum absolute atomic E-state index is 12.6. The smallest absolute Gasteiger partial charge is 0.280 e. The van der Waals surface area contributed by atoms with Crippen molar-refractivity contribution in [3.05, 3.63) is 23.3 Å². The molecular formula is C15H23N3O5S2. The highest BCUT2D eigenvalue weighted by atomic mass is 32.2. The molecule has 8 nitrogen and oxygen atoms in total. The van der Waals surface area contributed by atoms with E-state index < -0.39 is 36.4 Å². The number of guanidine groups is 1. The van der Waals surface area contributed by atoms with Gasteiger partial charge in [-0.25, -0.2) is 16.8 Å². The number of hydrogen-bond donors (Lipinski definition) is 2. The molecule has 0 saturated heterocycles. The summed E-state index contributed by atoms with van der Waals surface area (Å²) in [5.74, 6) is -1.47. The molecule has 1 amide bonds. The van der Waals surface area contributed by atoms with Crippen LogP contribution in [0.5, 0.6) is 0 Å². The van der Waals surface area contributed by atoms with E-state index in [-0.39, 0.29) is 21.8 Å². The second kappa shape index (κ2) is 7.96. The molecule has 0 saturated carbocycles. The average molecular weight is 389 g/mol. The van der Waals surface area contributed by atoms with E-state index >= 15 is 0 Å². The fraction of sp³-hybridized carbons (Fsp3) is 0.467. The van der Waals surface area contributed by atoms with Crippen LogP contribution in [0.4, 0.5) is 0 Å². The number of sulfone groups is 2. The zero-order chi connectivity index (χ0) is 19.4. The zero-order valence-corrected chi connectivity index (χ0v) is 16.1. The molecule has 0 fully saturated rings. The number of unbranched alkanes of at least 4 members (excludes halogenated alkanes) is 2. The molecule has 0 aromatic heterocycles. The third-order valence-electron chi connectivity index (χ3n) is 3.50. The van der Waals surface area contributed by atoms with Crippen molar-refractivity contribution < 1.29 is 21.6 Å². The number of carbonyl (C=O) groups is 1. The fourth-order valence-electron chi connectivity index (χ4n) is 2.25. The summed E-state index contributed by atoms with van der Waals surface area (Å²) in [6.45, 7) is 3.43. The van der Waals surface area contributed by atoms with Gasteiger partial charge in [-0.05, 0) is 31.0 Å². The molecule has 0 radical (unpaired) electrons. The van der Waals surface area contributed by atoms with Gasteiger partial charge < -0.3 is 11.5 Å². The van der Waals surface area contributed by atoms with Crippen LogP contribution in [0, 0.1) is 6.92 Å². The third-order valence-corrected chi connectivity index (χ3v) is 6.60. The Morgan fingerprint density at radius 2 is 1.68 bits per heavy atom. The average Bonchev–Trinajstić information content (AvgIpc) is 2.44. The van der Waals surface area contributed by atoms with E-state index in [2.05, 4.69) is 4.99 Å². The molecule has 140 valence electrons. The van der Waals surface area contributed by atoms with Gasteiger partial charge in [-0.3, -0.25) is 4.79 Å². The number of hydrogen-bond acceptors (Lipinski definition) is 5. The maximum atomic E-state index is 12.6. The van der Waals surface area contributed by atoms with Gasteiger partial charge in [0.1, 0.15) is 0 Å². The summed E-state index contributed by atoms with van der Waals surface area (Å²) in [4.78, 5) is 14.7. The van der Waals surface area contributed by atoms with Crippen molar-refractivity contribution in [3.63, 3.8) is 0 Å². The van der Waals surface area contributed by atoms with Crippen LogP contribution in [0.15, 0.2) is 26.9 Å². The quantitative estimate of drug-likeness (QED) is 0.397. The van der Waals surface area contributed by atoms with Crippen molar-refractivity contribution in [2.75, 3.05) is 12.0 Å². The van der Waals surface area contributed by atoms with Crippen LogP contribution in [-0.4, -0.2) is 40.7 Å². The molecule has 0 atom stereocenters. The summed E-state index contributed by atoms with van der Waals surface area (Å²) in [5, 5.41) is 0. The van der Waals surface area contributed by atoms with E-state index in [1.54, 1.807) is 0 Å². The molecule has 1 rings (SSSR count). The molecule has 0 bridgehead atoms. The second-order valence-electron chi connectivity index (χ2n) is 5.75. The molecule has 0 aliphatic rings. The lowest BCUT2D eigenvalue weighted by molar-refractivity contribution is 0.100. The predicted octanol–water partition coefficient (Wildman–Crippen LogP) is 0.776. The molecule has 0 heterocycles. The summed E-state index contributed by atoms with van der Waals surface area (Å²) in [5.41, 5.74) is 10.5. The van der Waals surface area contributed by atoms with Gasteiger partial charge in [0.25, 0.3) is 5.91 Å². The number of nitrogens with zero attached hydrogens (tertiary/aromatic N) is 1. The molecule has 1 aromatic carbocycles. The van der Waals surface area contributed by atoms with Crippen molar-refractivity contribution >= 4 is 31.5 Å². The van der Waals surface area contributed by atoms with Crippen LogP contribution in [0.2, 0.25) is 0 Å². The Hall–Kier alpha value is -1.94. The summed E-state index contributed by atoms with van der Waals surface area (Å²) < 4.78 is 49.3. The molecule has 1 aromatic rings. The number of carbonyl (C=O) groups excluding carboxylic acids is 1. The normalized spacial score (nSPS) is 12.0. The first-order valence-corrected chi connectivity index (χ1v) is 11.2. The Bertz CT molecular complexity index is 899. The van der Waals surface area contributed by atoms with E-state index in [1.165, 1.54) is 13.0 Å². The van der Waals surface area contributed by atoms with Gasteiger partial charge in [0.15, 0.2) is 25.6 Å². The van der Waals surface area contributed by atoms with Gasteiger partial charge in [-0.15, -0.1) is 0 Å². The van der Waals surface area contributed by atoms with Crippen molar-refractivity contribution in [1.29, 1.82) is 0 Å². The van der Waals surface area contributed by atoms with E-state index in [0.29, 0.717) is 12.8 Å². The van der Waals surface area contributed by atoms with Gasteiger partial charge in [-0.1, -0.05) is 19.8 Å². The number of nitrogens with two attached hydrogens (primary N) is 2. The number of benzene rings is 1. The Morgan fingerprint density at radius 1 is 1.08 bits per heavy atom. The highest BCUT2D eigenvalue weighted by Gasteiger charge is 2.26. The minimum Gasteiger partial charge on any atom is -0.370 e. The van der Waals surface area contributed by atoms with Crippen LogP contribution in [0.3, 0.4) is 0 Å². The van der Waals surface area contributed by atoms with E-state index in [0.717, 1.165) is 18.7 Å². The highest BCUT2D eigenvalue weighted by molar-refractivity contribution is 7.94. The summed E-state index contributed by atoms with van der Waals surface area (Å²) in [6.07, 6.45) is 2.86. The van der Waals surface area contributed by atoms with Crippen molar-refractivity contribution in [2.24, 2.45) is 16.5 Å². The Kier molecular flexibility index (Phi) is 6.72. The lowest BCUT2D eigenvalue weighted by atomic mass is 10.1. The maximum Gasteiger partial charge on any atom is 0.280 e. The molecule has 0 spiro atoms. The molecule has 4 N–H and O–H groups in total. The lowest BCUT2D eigenvalue weighted by Crippen LogP contribution is -2.24. The summed E-state index contributed by atoms with van der Waals surface area (Å²) in [6, 6.07) is 2.21. The van der Waals surface area contributed by atoms with Crippen LogP contribution >= 0.6 is 0 Å². The topological polar surface area (TPSA) is 150 Å². The van der Waals surface area contributed by atoms with Gasteiger partial charge in [-0.2, -0.15) is 4.99 Å². The van der Waals surface area contributed by atoms with Crippen LogP contribution in [0.1, 0.15) is 42.1 Å². The fourth-order valence-corrected chi connectivity index (χ4v) is 5.37. The largest absolute Gasteiger partial charge is 0.370 e. The van der Waals surface area contributed by atoms with E-state index in [1.807, 2.05) is 6.92 Å². The Balaban J connectivity index is 3.58. The molecule has 0 aliphatic carbocycles. The van der Waals surface area contributed by atoms with Gasteiger partial charge >= 0.3 is 0 Å². The molecular weight excluding hydrogens is 366 g/mol. The van der Waals surface area contributed by atoms with Crippen molar-refractivity contribution in [2.45, 2.75) is 42.9 Å². The zero-order valence-electron chi connectivity index (χ0n) is 14.4. The first-order valence-electron chi connectivity index (χ1n) is 7.61. The number of rotatable bonds is 7. The van der Waals surface area contributed by atoms with Gasteiger partial charge in [0.05, 0.1) is 15.5 Å². The van der Waals surface area contributed by atoms with Gasteiger partial charge in [0.2, 0.25) is 0 Å². The summed E-state index contributed by atoms with van der Waals surface area (Å²) in [7, 11) is -7.70. The van der Waals surface area contributed by atoms with Crippen molar-refractivity contribution in [1.82, 2.24) is 0 Å². The molecule has 0 unspecified atom stereocenters. The Morgan fingerprint density at radius 3 is 2.16 bits per heavy atom. The molecule has 0 aliphatic heterocycles. The standard InChI is InChI=1S/C15H23N3O5S2/c1-4-5-6-7-25(22,23)13-8-10(2)11(14(19)18-15(16)17)9-12(13)24(3,20)21/h8-9H,4-7H2,1-3H3,(H4,16,17,18,19). The predicted molar refractivity (Wildman–Crippen MR) is 96.0 cm³/mol. The first kappa shape index (κ1) is 21.1. The molecule has 10 heteroatoms. The number of aryl methyl sites for hydroxylation is 1. The Labute approximate surface area is 148 Å².